The second kappa shape index (κ2) is 8.39. The molecule has 2 rings (SSSR count). The van der Waals surface area contributed by atoms with Crippen LogP contribution in [-0.4, -0.2) is 27.5 Å². The highest BCUT2D eigenvalue weighted by Gasteiger charge is 2.18. The summed E-state index contributed by atoms with van der Waals surface area (Å²) in [6.45, 7) is 0. The largest absolute Gasteiger partial charge is 0.386 e. The van der Waals surface area contributed by atoms with E-state index in [9.17, 15) is 14.0 Å². The number of rotatable bonds is 4. The molecule has 2 unspecified atom stereocenters. The summed E-state index contributed by atoms with van der Waals surface area (Å²) >= 11 is 0. The van der Waals surface area contributed by atoms with Crippen molar-refractivity contribution in [2.75, 3.05) is 12.6 Å². The molecule has 6 nitrogen and oxygen atoms in total. The van der Waals surface area contributed by atoms with Gasteiger partial charge in [-0.3, -0.25) is 9.13 Å². The van der Waals surface area contributed by atoms with Gasteiger partial charge in [-0.05, 0) is 24.3 Å². The molecule has 0 spiro atoms. The second-order valence-electron chi connectivity index (χ2n) is 4.40. The molecule has 0 saturated carbocycles. The second-order valence-corrected chi connectivity index (χ2v) is 8.89. The van der Waals surface area contributed by atoms with Crippen LogP contribution < -0.4 is 16.3 Å². The van der Waals surface area contributed by atoms with Crippen molar-refractivity contribution < 1.29 is 24.0 Å². The van der Waals surface area contributed by atoms with Gasteiger partial charge in [0.25, 0.3) is 7.37 Å². The van der Waals surface area contributed by atoms with E-state index in [4.69, 9.17) is 15.7 Å². The summed E-state index contributed by atoms with van der Waals surface area (Å²) in [6.07, 6.45) is -0.895. The van der Waals surface area contributed by atoms with E-state index in [1.807, 2.05) is 0 Å². The molecule has 0 bridgehead atoms. The molecule has 2 atom stereocenters. The van der Waals surface area contributed by atoms with Gasteiger partial charge in [0.05, 0.1) is 6.29 Å². The average molecular weight is 343 g/mol. The van der Waals surface area contributed by atoms with E-state index in [1.165, 1.54) is 12.1 Å². The zero-order valence-corrected chi connectivity index (χ0v) is 13.6. The van der Waals surface area contributed by atoms with Crippen molar-refractivity contribution in [3.8, 4) is 0 Å². The Kier molecular flexibility index (Phi) is 7.17. The van der Waals surface area contributed by atoms with Crippen molar-refractivity contribution in [3.05, 3.63) is 60.7 Å². The van der Waals surface area contributed by atoms with Crippen LogP contribution in [0.1, 0.15) is 0 Å². The molecule has 22 heavy (non-hydrogen) atoms. The highest BCUT2D eigenvalue weighted by atomic mass is 31.2. The molecular formula is C14H19NO5P2. The number of benzene rings is 2. The van der Waals surface area contributed by atoms with E-state index in [0.717, 1.165) is 0 Å². The summed E-state index contributed by atoms with van der Waals surface area (Å²) in [7, 11) is -6.72. The normalized spacial score (nSPS) is 15.8. The number of hydrogen-bond donors (Lipinski definition) is 4. The van der Waals surface area contributed by atoms with Crippen LogP contribution in [0.15, 0.2) is 60.7 Å². The van der Waals surface area contributed by atoms with E-state index < -0.39 is 21.1 Å². The summed E-state index contributed by atoms with van der Waals surface area (Å²) in [4.78, 5) is 18.3. The van der Waals surface area contributed by atoms with E-state index in [1.54, 1.807) is 48.5 Å². The quantitative estimate of drug-likeness (QED) is 0.615. The maximum absolute atomic E-state index is 11.2. The van der Waals surface area contributed by atoms with E-state index in [2.05, 4.69) is 0 Å². The summed E-state index contributed by atoms with van der Waals surface area (Å²) in [5, 5.41) is 9.25. The van der Waals surface area contributed by atoms with Crippen LogP contribution in [0.3, 0.4) is 0 Å². The molecule has 0 aromatic heterocycles. The third kappa shape index (κ3) is 5.50. The Balaban J connectivity index is 0.000000220. The Morgan fingerprint density at radius 2 is 1.14 bits per heavy atom. The lowest BCUT2D eigenvalue weighted by Crippen LogP contribution is -2.11. The fourth-order valence-corrected chi connectivity index (χ4v) is 3.16. The van der Waals surface area contributed by atoms with Crippen molar-refractivity contribution in [2.45, 2.75) is 0 Å². The van der Waals surface area contributed by atoms with E-state index in [-0.39, 0.29) is 6.29 Å². The number of aliphatic hydroxyl groups is 1. The van der Waals surface area contributed by atoms with Crippen LogP contribution in [0, 0.1) is 0 Å². The maximum Gasteiger partial charge on any atom is 0.254 e. The molecule has 0 aliphatic heterocycles. The van der Waals surface area contributed by atoms with Crippen molar-refractivity contribution in [1.82, 2.24) is 0 Å². The Bertz CT molecular complexity index is 604. The van der Waals surface area contributed by atoms with Crippen LogP contribution in [0.5, 0.6) is 0 Å². The van der Waals surface area contributed by atoms with Crippen LogP contribution in [0.25, 0.3) is 0 Å². The first-order valence-electron chi connectivity index (χ1n) is 6.39. The van der Waals surface area contributed by atoms with E-state index >= 15 is 0 Å². The van der Waals surface area contributed by atoms with Crippen molar-refractivity contribution in [1.29, 1.82) is 0 Å². The highest BCUT2D eigenvalue weighted by molar-refractivity contribution is 7.66. The number of nitrogens with two attached hydrogens (primary N) is 1. The summed E-state index contributed by atoms with van der Waals surface area (Å²) in [5.41, 5.74) is 5.13. The van der Waals surface area contributed by atoms with Gasteiger partial charge in [0.1, 0.15) is 6.35 Å². The van der Waals surface area contributed by atoms with Gasteiger partial charge in [-0.2, -0.15) is 0 Å². The third-order valence-electron chi connectivity index (χ3n) is 2.76. The molecule has 0 aliphatic carbocycles. The number of hydrogen-bond acceptors (Lipinski definition) is 4. The third-order valence-corrected chi connectivity index (χ3v) is 5.85. The van der Waals surface area contributed by atoms with Gasteiger partial charge >= 0.3 is 0 Å². The summed E-state index contributed by atoms with van der Waals surface area (Å²) in [6, 6.07) is 16.6. The smallest absolute Gasteiger partial charge is 0.254 e. The minimum absolute atomic E-state index is 0.197. The molecule has 2 aromatic carbocycles. The molecular weight excluding hydrogens is 324 g/mol. The minimum Gasteiger partial charge on any atom is -0.386 e. The first-order chi connectivity index (χ1) is 10.3. The molecule has 8 heteroatoms. The van der Waals surface area contributed by atoms with Crippen molar-refractivity contribution in [2.24, 2.45) is 5.73 Å². The van der Waals surface area contributed by atoms with E-state index in [0.29, 0.717) is 10.6 Å². The molecule has 120 valence electrons. The van der Waals surface area contributed by atoms with Gasteiger partial charge in [-0.15, -0.1) is 0 Å². The average Bonchev–Trinajstić information content (AvgIpc) is 2.57. The monoisotopic (exact) mass is 343 g/mol. The standard InChI is InChI=1S/C7H10NO2P.C7H9O3P/c2*8-6-11(9,10)7-4-2-1-3-5-7/h1-5H,6,8H2,(H,9,10);1-5,8H,6H2,(H,9,10). The first kappa shape index (κ1) is 18.8. The van der Waals surface area contributed by atoms with Gasteiger partial charge in [-0.1, -0.05) is 36.4 Å². The van der Waals surface area contributed by atoms with Gasteiger partial charge in [0.2, 0.25) is 7.37 Å². The Morgan fingerprint density at radius 3 is 1.45 bits per heavy atom. The zero-order valence-electron chi connectivity index (χ0n) is 11.8. The Labute approximate surface area is 129 Å². The van der Waals surface area contributed by atoms with Gasteiger partial charge in [0, 0.05) is 10.6 Å². The van der Waals surface area contributed by atoms with Crippen molar-refractivity contribution >= 4 is 25.3 Å². The summed E-state index contributed by atoms with van der Waals surface area (Å²) in [5.74, 6) is 0. The molecule has 0 fully saturated rings. The maximum atomic E-state index is 11.2. The first-order valence-corrected chi connectivity index (χ1v) is 10.1. The van der Waals surface area contributed by atoms with Gasteiger partial charge in [0.15, 0.2) is 0 Å². The fraction of sp³-hybridized carbons (Fsp3) is 0.143. The lowest BCUT2D eigenvalue weighted by Gasteiger charge is -2.07. The van der Waals surface area contributed by atoms with Crippen LogP contribution in [0.4, 0.5) is 0 Å². The van der Waals surface area contributed by atoms with Crippen LogP contribution in [-0.2, 0) is 9.13 Å². The molecule has 2 aromatic rings. The molecule has 0 radical (unpaired) electrons. The predicted molar refractivity (Wildman–Crippen MR) is 87.9 cm³/mol. The SMILES string of the molecule is NCP(=O)(O)c1ccccc1.O=P(O)(CO)c1ccccc1. The lowest BCUT2D eigenvalue weighted by atomic mass is 10.4. The number of aliphatic hydroxyl groups excluding tert-OH is 1. The Hall–Kier alpha value is -1.26. The van der Waals surface area contributed by atoms with Gasteiger partial charge in [-0.25, -0.2) is 0 Å². The fourth-order valence-electron chi connectivity index (χ4n) is 1.51. The summed E-state index contributed by atoms with van der Waals surface area (Å²) < 4.78 is 22.3. The molecule has 0 heterocycles. The van der Waals surface area contributed by atoms with Gasteiger partial charge < -0.3 is 20.6 Å². The predicted octanol–water partition coefficient (Wildman–Crippen LogP) is 1.03. The molecule has 0 amide bonds. The minimum atomic E-state index is -3.47. The lowest BCUT2D eigenvalue weighted by molar-refractivity contribution is 0.337. The molecule has 5 N–H and O–H groups in total. The Morgan fingerprint density at radius 1 is 0.773 bits per heavy atom. The topological polar surface area (TPSA) is 121 Å². The molecule has 0 aliphatic rings. The van der Waals surface area contributed by atoms with Crippen LogP contribution >= 0.6 is 14.7 Å². The molecule has 0 saturated heterocycles. The van der Waals surface area contributed by atoms with Crippen LogP contribution in [0.2, 0.25) is 0 Å². The highest BCUT2D eigenvalue weighted by Crippen LogP contribution is 2.37. The zero-order chi connectivity index (χ0) is 16.6. The van der Waals surface area contributed by atoms with Crippen molar-refractivity contribution in [3.63, 3.8) is 0 Å².